The molecular formula is C18H15FN2O3S. The summed E-state index contributed by atoms with van der Waals surface area (Å²) in [5.74, 6) is -0.0620. The number of methoxy groups -OCH3 is 1. The third kappa shape index (κ3) is 3.02. The Balaban J connectivity index is 1.40. The first-order chi connectivity index (χ1) is 12.1. The average molecular weight is 358 g/mol. The number of esters is 1. The Morgan fingerprint density at radius 2 is 2.00 bits per heavy atom. The number of rotatable bonds is 4. The number of thiazole rings is 1. The fourth-order valence-corrected chi connectivity index (χ4v) is 3.69. The number of hydrogen-bond acceptors (Lipinski definition) is 6. The van der Waals surface area contributed by atoms with Crippen LogP contribution in [0.1, 0.15) is 10.4 Å². The standard InChI is InChI=1S/C18H15FN2O3S/c1-23-14-3-2-4-15-16(14)20-18(25-15)21-9-13(10-21)24-17(22)11-5-7-12(19)8-6-11/h2-8,13H,9-10H2,1H3. The number of para-hydroxylation sites is 1. The van der Waals surface area contributed by atoms with Crippen LogP contribution in [0.25, 0.3) is 10.2 Å². The minimum atomic E-state index is -0.435. The van der Waals surface area contributed by atoms with Crippen LogP contribution in [0.3, 0.4) is 0 Å². The van der Waals surface area contributed by atoms with Crippen LogP contribution in [-0.4, -0.2) is 37.3 Å². The number of carbonyl (C=O) groups is 1. The summed E-state index contributed by atoms with van der Waals surface area (Å²) in [7, 11) is 1.63. The van der Waals surface area contributed by atoms with E-state index in [1.54, 1.807) is 18.4 Å². The predicted octanol–water partition coefficient (Wildman–Crippen LogP) is 3.49. The summed E-state index contributed by atoms with van der Waals surface area (Å²) in [6.45, 7) is 1.18. The molecule has 0 amide bonds. The lowest BCUT2D eigenvalue weighted by molar-refractivity contribution is 0.0234. The summed E-state index contributed by atoms with van der Waals surface area (Å²) in [4.78, 5) is 18.7. The molecular weight excluding hydrogens is 343 g/mol. The van der Waals surface area contributed by atoms with Gasteiger partial charge in [-0.25, -0.2) is 14.2 Å². The summed E-state index contributed by atoms with van der Waals surface area (Å²) in [5, 5.41) is 0.883. The molecule has 2 aromatic carbocycles. The van der Waals surface area contributed by atoms with Crippen LogP contribution in [0.4, 0.5) is 9.52 Å². The summed E-state index contributed by atoms with van der Waals surface area (Å²) in [5.41, 5.74) is 1.20. The first-order valence-corrected chi connectivity index (χ1v) is 8.61. The van der Waals surface area contributed by atoms with Crippen molar-refractivity contribution in [2.75, 3.05) is 25.1 Å². The number of benzene rings is 2. The number of hydrogen-bond donors (Lipinski definition) is 0. The van der Waals surface area contributed by atoms with Crippen LogP contribution in [0.15, 0.2) is 42.5 Å². The highest BCUT2D eigenvalue weighted by molar-refractivity contribution is 7.22. The monoisotopic (exact) mass is 358 g/mol. The maximum absolute atomic E-state index is 12.9. The van der Waals surface area contributed by atoms with Crippen LogP contribution in [0.5, 0.6) is 5.75 Å². The van der Waals surface area contributed by atoms with Gasteiger partial charge < -0.3 is 14.4 Å². The molecule has 0 atom stereocenters. The van der Waals surface area contributed by atoms with Crippen LogP contribution < -0.4 is 9.64 Å². The third-order valence-electron chi connectivity index (χ3n) is 4.06. The van der Waals surface area contributed by atoms with Gasteiger partial charge in [0, 0.05) is 0 Å². The van der Waals surface area contributed by atoms with Crippen molar-refractivity contribution in [1.29, 1.82) is 0 Å². The zero-order valence-corrected chi connectivity index (χ0v) is 14.3. The Hall–Kier alpha value is -2.67. The predicted molar refractivity (Wildman–Crippen MR) is 94.0 cm³/mol. The molecule has 3 aromatic rings. The Morgan fingerprint density at radius 3 is 2.72 bits per heavy atom. The molecule has 1 aliphatic heterocycles. The second-order valence-corrected chi connectivity index (χ2v) is 6.75. The van der Waals surface area contributed by atoms with Gasteiger partial charge in [0.15, 0.2) is 5.13 Å². The second-order valence-electron chi connectivity index (χ2n) is 5.74. The minimum Gasteiger partial charge on any atom is -0.494 e. The highest BCUT2D eigenvalue weighted by Crippen LogP contribution is 2.35. The Bertz CT molecular complexity index is 920. The molecule has 0 radical (unpaired) electrons. The summed E-state index contributed by atoms with van der Waals surface area (Å²) in [6.07, 6.45) is -0.188. The quantitative estimate of drug-likeness (QED) is 0.668. The molecule has 128 valence electrons. The van der Waals surface area contributed by atoms with Gasteiger partial charge in [0.25, 0.3) is 0 Å². The van der Waals surface area contributed by atoms with Gasteiger partial charge in [-0.3, -0.25) is 0 Å². The van der Waals surface area contributed by atoms with E-state index < -0.39 is 5.97 Å². The van der Waals surface area contributed by atoms with Gasteiger partial charge in [-0.15, -0.1) is 0 Å². The molecule has 1 aliphatic rings. The van der Waals surface area contributed by atoms with Gasteiger partial charge in [0.05, 0.1) is 30.5 Å². The molecule has 5 nitrogen and oxygen atoms in total. The van der Waals surface area contributed by atoms with E-state index in [0.29, 0.717) is 18.7 Å². The summed E-state index contributed by atoms with van der Waals surface area (Å²) < 4.78 is 24.7. The van der Waals surface area contributed by atoms with E-state index in [9.17, 15) is 9.18 Å². The summed E-state index contributed by atoms with van der Waals surface area (Å²) in [6, 6.07) is 11.2. The molecule has 1 saturated heterocycles. The molecule has 1 aromatic heterocycles. The van der Waals surface area contributed by atoms with Gasteiger partial charge >= 0.3 is 5.97 Å². The fraction of sp³-hybridized carbons (Fsp3) is 0.222. The van der Waals surface area contributed by atoms with Crippen LogP contribution in [-0.2, 0) is 4.74 Å². The largest absolute Gasteiger partial charge is 0.494 e. The molecule has 0 unspecified atom stereocenters. The molecule has 0 spiro atoms. The molecule has 0 saturated carbocycles. The van der Waals surface area contributed by atoms with Crippen molar-refractivity contribution in [2.45, 2.75) is 6.10 Å². The van der Waals surface area contributed by atoms with Crippen molar-refractivity contribution in [2.24, 2.45) is 0 Å². The van der Waals surface area contributed by atoms with Crippen molar-refractivity contribution >= 4 is 32.7 Å². The molecule has 2 heterocycles. The highest BCUT2D eigenvalue weighted by atomic mass is 32.1. The Labute approximate surface area is 147 Å². The van der Waals surface area contributed by atoms with Gasteiger partial charge in [-0.2, -0.15) is 0 Å². The summed E-state index contributed by atoms with van der Waals surface area (Å²) >= 11 is 1.58. The van der Waals surface area contributed by atoms with Crippen molar-refractivity contribution in [3.63, 3.8) is 0 Å². The maximum atomic E-state index is 12.9. The van der Waals surface area contributed by atoms with Gasteiger partial charge in [-0.1, -0.05) is 17.4 Å². The van der Waals surface area contributed by atoms with Crippen LogP contribution in [0.2, 0.25) is 0 Å². The molecule has 1 fully saturated rings. The zero-order chi connectivity index (χ0) is 17.4. The molecule has 0 aliphatic carbocycles. The second kappa shape index (κ2) is 6.33. The van der Waals surface area contributed by atoms with E-state index >= 15 is 0 Å². The Kier molecular flexibility index (Phi) is 4.01. The first-order valence-electron chi connectivity index (χ1n) is 7.79. The number of carbonyl (C=O) groups excluding carboxylic acids is 1. The maximum Gasteiger partial charge on any atom is 0.338 e. The molecule has 4 rings (SSSR count). The van der Waals surface area contributed by atoms with Crippen LogP contribution in [0, 0.1) is 5.82 Å². The van der Waals surface area contributed by atoms with E-state index in [4.69, 9.17) is 9.47 Å². The number of nitrogens with zero attached hydrogens (tertiary/aromatic N) is 2. The van der Waals surface area contributed by atoms with E-state index in [1.807, 2.05) is 18.2 Å². The highest BCUT2D eigenvalue weighted by Gasteiger charge is 2.32. The first kappa shape index (κ1) is 15.8. The smallest absolute Gasteiger partial charge is 0.338 e. The lowest BCUT2D eigenvalue weighted by Gasteiger charge is -2.38. The average Bonchev–Trinajstić information content (AvgIpc) is 3.01. The van der Waals surface area contributed by atoms with E-state index in [1.165, 1.54) is 24.3 Å². The van der Waals surface area contributed by atoms with Crippen LogP contribution >= 0.6 is 11.3 Å². The van der Waals surface area contributed by atoms with Crippen molar-refractivity contribution in [3.8, 4) is 5.75 Å². The lowest BCUT2D eigenvalue weighted by atomic mass is 10.2. The third-order valence-corrected chi connectivity index (χ3v) is 5.14. The number of anilines is 1. The Morgan fingerprint density at radius 1 is 1.24 bits per heavy atom. The lowest BCUT2D eigenvalue weighted by Crippen LogP contribution is -2.53. The van der Waals surface area contributed by atoms with Gasteiger partial charge in [0.1, 0.15) is 23.2 Å². The van der Waals surface area contributed by atoms with Crippen molar-refractivity contribution < 1.29 is 18.7 Å². The van der Waals surface area contributed by atoms with E-state index in [0.717, 1.165) is 21.1 Å². The fourth-order valence-electron chi connectivity index (χ4n) is 2.69. The van der Waals surface area contributed by atoms with E-state index in [-0.39, 0.29) is 11.9 Å². The molecule has 25 heavy (non-hydrogen) atoms. The van der Waals surface area contributed by atoms with Crippen molar-refractivity contribution in [3.05, 3.63) is 53.8 Å². The SMILES string of the molecule is COc1cccc2sc(N3CC(OC(=O)c4ccc(F)cc4)C3)nc12. The number of halogens is 1. The van der Waals surface area contributed by atoms with Crippen molar-refractivity contribution in [1.82, 2.24) is 4.98 Å². The van der Waals surface area contributed by atoms with Gasteiger partial charge in [0.2, 0.25) is 0 Å². The topological polar surface area (TPSA) is 51.7 Å². The van der Waals surface area contributed by atoms with Gasteiger partial charge in [-0.05, 0) is 36.4 Å². The molecule has 0 N–H and O–H groups in total. The minimum absolute atomic E-state index is 0.188. The molecule has 0 bridgehead atoms. The van der Waals surface area contributed by atoms with E-state index in [2.05, 4.69) is 9.88 Å². The zero-order valence-electron chi connectivity index (χ0n) is 13.4. The number of aromatic nitrogens is 1. The number of fused-ring (bicyclic) bond motifs is 1. The number of ether oxygens (including phenoxy) is 2. The normalized spacial score (nSPS) is 14.4. The molecule has 7 heteroatoms.